The second-order valence-electron chi connectivity index (χ2n) is 4.30. The molecule has 0 fully saturated rings. The Bertz CT molecular complexity index is 537. The molecule has 1 amide bonds. The van der Waals surface area contributed by atoms with Crippen molar-refractivity contribution in [1.29, 1.82) is 0 Å². The number of amides is 1. The zero-order valence-corrected chi connectivity index (χ0v) is 10.9. The lowest BCUT2D eigenvalue weighted by Crippen LogP contribution is -2.35. The zero-order chi connectivity index (χ0) is 13.7. The van der Waals surface area contributed by atoms with E-state index in [1.165, 1.54) is 6.20 Å². The van der Waals surface area contributed by atoms with Crippen molar-refractivity contribution in [2.75, 3.05) is 13.1 Å². The first-order valence-electron chi connectivity index (χ1n) is 6.17. The van der Waals surface area contributed by atoms with Crippen molar-refractivity contribution in [3.63, 3.8) is 0 Å². The first-order chi connectivity index (χ1) is 9.22. The van der Waals surface area contributed by atoms with E-state index in [-0.39, 0.29) is 5.91 Å². The van der Waals surface area contributed by atoms with Gasteiger partial charge in [0, 0.05) is 19.6 Å². The van der Waals surface area contributed by atoms with Gasteiger partial charge in [0.2, 0.25) is 0 Å². The molecule has 100 valence electrons. The number of carbonyl (C=O) groups is 1. The van der Waals surface area contributed by atoms with E-state index in [0.717, 1.165) is 5.56 Å². The second kappa shape index (κ2) is 6.15. The molecule has 0 aliphatic heterocycles. The molecule has 0 spiro atoms. The van der Waals surface area contributed by atoms with Gasteiger partial charge < -0.3 is 15.2 Å². The highest BCUT2D eigenvalue weighted by Crippen LogP contribution is 2.12. The first kappa shape index (κ1) is 13.3. The summed E-state index contributed by atoms with van der Waals surface area (Å²) in [6.45, 7) is 3.17. The third kappa shape index (κ3) is 3.20. The lowest BCUT2D eigenvalue weighted by atomic mass is 10.2. The van der Waals surface area contributed by atoms with Gasteiger partial charge in [-0.25, -0.2) is 0 Å². The smallest absolute Gasteiger partial charge is 0.259 e. The SMILES string of the molecule is Cc1oncc1C(=O)N(CCN)Cc1ccccc1. The molecule has 2 rings (SSSR count). The van der Waals surface area contributed by atoms with Crippen molar-refractivity contribution in [3.05, 3.63) is 53.4 Å². The average molecular weight is 259 g/mol. The summed E-state index contributed by atoms with van der Waals surface area (Å²) in [7, 11) is 0. The molecule has 0 atom stereocenters. The fraction of sp³-hybridized carbons (Fsp3) is 0.286. The first-order valence-corrected chi connectivity index (χ1v) is 6.17. The summed E-state index contributed by atoms with van der Waals surface area (Å²) >= 11 is 0. The molecule has 0 bridgehead atoms. The van der Waals surface area contributed by atoms with Crippen LogP contribution in [0.15, 0.2) is 41.1 Å². The molecule has 2 N–H and O–H groups in total. The molecule has 2 aromatic rings. The van der Waals surface area contributed by atoms with Gasteiger partial charge in [-0.3, -0.25) is 4.79 Å². The number of rotatable bonds is 5. The van der Waals surface area contributed by atoms with Crippen LogP contribution in [-0.4, -0.2) is 29.1 Å². The fourth-order valence-corrected chi connectivity index (χ4v) is 1.89. The van der Waals surface area contributed by atoms with Gasteiger partial charge in [-0.15, -0.1) is 0 Å². The zero-order valence-electron chi connectivity index (χ0n) is 10.9. The van der Waals surface area contributed by atoms with Crippen LogP contribution in [0.3, 0.4) is 0 Å². The van der Waals surface area contributed by atoms with Crippen LogP contribution in [0.4, 0.5) is 0 Å². The van der Waals surface area contributed by atoms with Crippen LogP contribution in [0.25, 0.3) is 0 Å². The number of benzene rings is 1. The van der Waals surface area contributed by atoms with Crippen LogP contribution < -0.4 is 5.73 Å². The minimum absolute atomic E-state index is 0.104. The number of carbonyl (C=O) groups excluding carboxylic acids is 1. The molecule has 19 heavy (non-hydrogen) atoms. The third-order valence-corrected chi connectivity index (χ3v) is 2.88. The molecule has 0 radical (unpaired) electrons. The second-order valence-corrected chi connectivity index (χ2v) is 4.30. The van der Waals surface area contributed by atoms with E-state index in [1.54, 1.807) is 11.8 Å². The molecule has 1 aromatic carbocycles. The van der Waals surface area contributed by atoms with Gasteiger partial charge in [-0.2, -0.15) is 0 Å². The van der Waals surface area contributed by atoms with E-state index < -0.39 is 0 Å². The topological polar surface area (TPSA) is 72.4 Å². The fourth-order valence-electron chi connectivity index (χ4n) is 1.89. The lowest BCUT2D eigenvalue weighted by Gasteiger charge is -2.21. The quantitative estimate of drug-likeness (QED) is 0.885. The van der Waals surface area contributed by atoms with Gasteiger partial charge in [0.05, 0.1) is 6.20 Å². The van der Waals surface area contributed by atoms with Gasteiger partial charge in [-0.1, -0.05) is 35.5 Å². The minimum atomic E-state index is -0.104. The molecule has 5 heteroatoms. The van der Waals surface area contributed by atoms with Crippen LogP contribution in [0.5, 0.6) is 0 Å². The number of aromatic nitrogens is 1. The normalized spacial score (nSPS) is 10.4. The standard InChI is InChI=1S/C14H17N3O2/c1-11-13(9-16-19-11)14(18)17(8-7-15)10-12-5-3-2-4-6-12/h2-6,9H,7-8,10,15H2,1H3. The molecular weight excluding hydrogens is 242 g/mol. The number of aryl methyl sites for hydroxylation is 1. The predicted molar refractivity (Wildman–Crippen MR) is 71.5 cm³/mol. The molecule has 5 nitrogen and oxygen atoms in total. The predicted octanol–water partition coefficient (Wildman–Crippen LogP) is 1.58. The van der Waals surface area contributed by atoms with Gasteiger partial charge in [-0.05, 0) is 12.5 Å². The highest BCUT2D eigenvalue weighted by atomic mass is 16.5. The van der Waals surface area contributed by atoms with E-state index in [9.17, 15) is 4.79 Å². The Kier molecular flexibility index (Phi) is 4.30. The van der Waals surface area contributed by atoms with Crippen molar-refractivity contribution in [2.45, 2.75) is 13.5 Å². The monoisotopic (exact) mass is 259 g/mol. The maximum Gasteiger partial charge on any atom is 0.259 e. The number of hydrogen-bond acceptors (Lipinski definition) is 4. The molecule has 0 saturated carbocycles. The minimum Gasteiger partial charge on any atom is -0.361 e. The third-order valence-electron chi connectivity index (χ3n) is 2.88. The molecule has 1 heterocycles. The van der Waals surface area contributed by atoms with Crippen molar-refractivity contribution in [2.24, 2.45) is 5.73 Å². The summed E-state index contributed by atoms with van der Waals surface area (Å²) in [6.07, 6.45) is 1.45. The highest BCUT2D eigenvalue weighted by molar-refractivity contribution is 5.94. The van der Waals surface area contributed by atoms with E-state index in [4.69, 9.17) is 10.3 Å². The van der Waals surface area contributed by atoms with Gasteiger partial charge in [0.15, 0.2) is 0 Å². The van der Waals surface area contributed by atoms with Crippen LogP contribution >= 0.6 is 0 Å². The summed E-state index contributed by atoms with van der Waals surface area (Å²) in [4.78, 5) is 14.1. The van der Waals surface area contributed by atoms with E-state index in [2.05, 4.69) is 5.16 Å². The van der Waals surface area contributed by atoms with E-state index in [0.29, 0.717) is 31.0 Å². The summed E-state index contributed by atoms with van der Waals surface area (Å²) in [6, 6.07) is 9.81. The van der Waals surface area contributed by atoms with Crippen LogP contribution in [0.2, 0.25) is 0 Å². The molecule has 0 saturated heterocycles. The van der Waals surface area contributed by atoms with Gasteiger partial charge >= 0.3 is 0 Å². The van der Waals surface area contributed by atoms with Crippen molar-refractivity contribution >= 4 is 5.91 Å². The summed E-state index contributed by atoms with van der Waals surface area (Å²) < 4.78 is 4.94. The molecule has 1 aromatic heterocycles. The van der Waals surface area contributed by atoms with Crippen LogP contribution in [0.1, 0.15) is 21.7 Å². The Morgan fingerprint density at radius 1 is 1.37 bits per heavy atom. The Hall–Kier alpha value is -2.14. The summed E-state index contributed by atoms with van der Waals surface area (Å²) in [5.74, 6) is 0.424. The summed E-state index contributed by atoms with van der Waals surface area (Å²) in [5.41, 5.74) is 7.14. The Morgan fingerprint density at radius 3 is 2.68 bits per heavy atom. The van der Waals surface area contributed by atoms with Gasteiger partial charge in [0.1, 0.15) is 11.3 Å². The van der Waals surface area contributed by atoms with E-state index in [1.807, 2.05) is 30.3 Å². The Morgan fingerprint density at radius 2 is 2.11 bits per heavy atom. The maximum atomic E-state index is 12.4. The number of hydrogen-bond donors (Lipinski definition) is 1. The van der Waals surface area contributed by atoms with Crippen molar-refractivity contribution < 1.29 is 9.32 Å². The summed E-state index contributed by atoms with van der Waals surface area (Å²) in [5, 5.41) is 3.64. The highest BCUT2D eigenvalue weighted by Gasteiger charge is 2.19. The van der Waals surface area contributed by atoms with E-state index >= 15 is 0 Å². The lowest BCUT2D eigenvalue weighted by molar-refractivity contribution is 0.0746. The average Bonchev–Trinajstić information content (AvgIpc) is 2.85. The molecule has 0 unspecified atom stereocenters. The maximum absolute atomic E-state index is 12.4. The number of nitrogens with two attached hydrogens (primary N) is 1. The van der Waals surface area contributed by atoms with Gasteiger partial charge in [0.25, 0.3) is 5.91 Å². The number of nitrogens with zero attached hydrogens (tertiary/aromatic N) is 2. The Labute approximate surface area is 112 Å². The molecule has 0 aliphatic rings. The largest absolute Gasteiger partial charge is 0.361 e. The van der Waals surface area contributed by atoms with Crippen LogP contribution in [0, 0.1) is 6.92 Å². The Balaban J connectivity index is 2.16. The molecular formula is C14H17N3O2. The van der Waals surface area contributed by atoms with Crippen LogP contribution in [-0.2, 0) is 6.54 Å². The van der Waals surface area contributed by atoms with Crippen molar-refractivity contribution in [1.82, 2.24) is 10.1 Å². The van der Waals surface area contributed by atoms with Crippen molar-refractivity contribution in [3.8, 4) is 0 Å². The molecule has 0 aliphatic carbocycles.